The molecule has 0 saturated carbocycles. The van der Waals surface area contributed by atoms with Crippen molar-refractivity contribution in [3.8, 4) is 0 Å². The smallest absolute Gasteiger partial charge is 0.119 e. The molecule has 0 aromatic heterocycles. The van der Waals surface area contributed by atoms with Crippen LogP contribution in [0.3, 0.4) is 0 Å². The van der Waals surface area contributed by atoms with Crippen molar-refractivity contribution in [3.63, 3.8) is 0 Å². The van der Waals surface area contributed by atoms with E-state index in [0.29, 0.717) is 6.61 Å². The molecule has 2 heteroatoms. The van der Waals surface area contributed by atoms with Gasteiger partial charge < -0.3 is 4.74 Å². The van der Waals surface area contributed by atoms with E-state index in [1.807, 2.05) is 30.3 Å². The van der Waals surface area contributed by atoms with E-state index in [-0.39, 0.29) is 0 Å². The van der Waals surface area contributed by atoms with Gasteiger partial charge in [0.2, 0.25) is 0 Å². The Hall–Kier alpha value is -1.57. The van der Waals surface area contributed by atoms with Crippen LogP contribution in [-0.2, 0) is 11.3 Å². The van der Waals surface area contributed by atoms with Crippen molar-refractivity contribution in [3.05, 3.63) is 60.6 Å². The van der Waals surface area contributed by atoms with Gasteiger partial charge >= 0.3 is 0 Å². The zero-order valence-corrected chi connectivity index (χ0v) is 7.24. The lowest BCUT2D eigenvalue weighted by Gasteiger charge is -1.99. The molecule has 1 aromatic rings. The summed E-state index contributed by atoms with van der Waals surface area (Å²) >= 11 is 0. The summed E-state index contributed by atoms with van der Waals surface area (Å²) in [5.74, 6) is -0.506. The number of benzene rings is 1. The van der Waals surface area contributed by atoms with Crippen LogP contribution in [0.5, 0.6) is 0 Å². The lowest BCUT2D eigenvalue weighted by Crippen LogP contribution is -1.84. The molecule has 1 rings (SSSR count). The third-order valence-corrected chi connectivity index (χ3v) is 1.44. The monoisotopic (exact) mass is 178 g/mol. The van der Waals surface area contributed by atoms with Crippen molar-refractivity contribution in [2.75, 3.05) is 0 Å². The minimum Gasteiger partial charge on any atom is -0.496 e. The van der Waals surface area contributed by atoms with Gasteiger partial charge in [0.1, 0.15) is 12.4 Å². The number of hydrogen-bond acceptors (Lipinski definition) is 1. The van der Waals surface area contributed by atoms with E-state index in [0.717, 1.165) is 5.56 Å². The Morgan fingerprint density at radius 2 is 2.08 bits per heavy atom. The molecule has 13 heavy (non-hydrogen) atoms. The van der Waals surface area contributed by atoms with Crippen molar-refractivity contribution in [2.45, 2.75) is 6.61 Å². The van der Waals surface area contributed by atoms with Crippen LogP contribution in [0.4, 0.5) is 4.39 Å². The predicted octanol–water partition coefficient (Wildman–Crippen LogP) is 3.20. The summed E-state index contributed by atoms with van der Waals surface area (Å²) in [6.07, 6.45) is 2.48. The molecule has 0 bridgehead atoms. The molecule has 0 aliphatic carbocycles. The van der Waals surface area contributed by atoms with Crippen LogP contribution in [0, 0.1) is 0 Å². The van der Waals surface area contributed by atoms with Crippen molar-refractivity contribution in [2.24, 2.45) is 0 Å². The van der Waals surface area contributed by atoms with Gasteiger partial charge in [-0.15, -0.1) is 0 Å². The summed E-state index contributed by atoms with van der Waals surface area (Å²) < 4.78 is 17.1. The van der Waals surface area contributed by atoms with Gasteiger partial charge in [0, 0.05) is 6.08 Å². The highest BCUT2D eigenvalue weighted by molar-refractivity contribution is 5.13. The summed E-state index contributed by atoms with van der Waals surface area (Å²) in [6, 6.07) is 9.67. The van der Waals surface area contributed by atoms with E-state index in [9.17, 15) is 4.39 Å². The minimum atomic E-state index is -0.506. The molecule has 0 aliphatic rings. The Morgan fingerprint density at radius 3 is 2.69 bits per heavy atom. The summed E-state index contributed by atoms with van der Waals surface area (Å²) in [4.78, 5) is 0. The molecule has 0 fully saturated rings. The molecule has 0 unspecified atom stereocenters. The largest absolute Gasteiger partial charge is 0.496 e. The quantitative estimate of drug-likeness (QED) is 0.508. The average Bonchev–Trinajstić information content (AvgIpc) is 2.14. The minimum absolute atomic E-state index is 0.449. The maximum Gasteiger partial charge on any atom is 0.119 e. The van der Waals surface area contributed by atoms with E-state index in [1.54, 1.807) is 0 Å². The van der Waals surface area contributed by atoms with E-state index in [4.69, 9.17) is 4.74 Å². The van der Waals surface area contributed by atoms with Gasteiger partial charge in [0.05, 0.1) is 6.26 Å². The van der Waals surface area contributed by atoms with Gasteiger partial charge in [-0.05, 0) is 5.56 Å². The van der Waals surface area contributed by atoms with Gasteiger partial charge in [-0.2, -0.15) is 0 Å². The summed E-state index contributed by atoms with van der Waals surface area (Å²) in [6.45, 7) is 3.52. The Morgan fingerprint density at radius 1 is 1.38 bits per heavy atom. The molecular formula is C11H11FO. The lowest BCUT2D eigenvalue weighted by atomic mass is 10.2. The van der Waals surface area contributed by atoms with Gasteiger partial charge in [0.25, 0.3) is 0 Å². The molecule has 0 aliphatic heterocycles. The zero-order chi connectivity index (χ0) is 9.52. The van der Waals surface area contributed by atoms with Gasteiger partial charge in [0.15, 0.2) is 0 Å². The molecule has 1 aromatic carbocycles. The van der Waals surface area contributed by atoms with Crippen LogP contribution in [-0.4, -0.2) is 0 Å². The second kappa shape index (κ2) is 5.14. The fourth-order valence-electron chi connectivity index (χ4n) is 0.841. The maximum atomic E-state index is 12.1. The molecule has 0 radical (unpaired) electrons. The average molecular weight is 178 g/mol. The van der Waals surface area contributed by atoms with Crippen molar-refractivity contribution in [1.82, 2.24) is 0 Å². The first-order chi connectivity index (χ1) is 6.29. The summed E-state index contributed by atoms with van der Waals surface area (Å²) in [7, 11) is 0. The van der Waals surface area contributed by atoms with Gasteiger partial charge in [-0.1, -0.05) is 36.9 Å². The zero-order valence-electron chi connectivity index (χ0n) is 7.24. The van der Waals surface area contributed by atoms with Crippen LogP contribution in [0.15, 0.2) is 55.1 Å². The van der Waals surface area contributed by atoms with Crippen LogP contribution in [0.25, 0.3) is 0 Å². The van der Waals surface area contributed by atoms with Gasteiger partial charge in [-0.25, -0.2) is 4.39 Å². The second-order valence-corrected chi connectivity index (χ2v) is 2.55. The normalized spacial score (nSPS) is 10.2. The standard InChI is InChI=1S/C11H11FO/c1-10(12)7-8-13-9-11-5-3-2-4-6-11/h2-8H,1,9H2/b8-7+. The van der Waals surface area contributed by atoms with Crippen LogP contribution < -0.4 is 0 Å². The highest BCUT2D eigenvalue weighted by Crippen LogP contribution is 2.01. The van der Waals surface area contributed by atoms with E-state index in [2.05, 4.69) is 6.58 Å². The lowest BCUT2D eigenvalue weighted by molar-refractivity contribution is 0.236. The third kappa shape index (κ3) is 4.11. The second-order valence-electron chi connectivity index (χ2n) is 2.55. The highest BCUT2D eigenvalue weighted by Gasteiger charge is 1.87. The van der Waals surface area contributed by atoms with Crippen LogP contribution in [0.2, 0.25) is 0 Å². The molecule has 0 atom stereocenters. The maximum absolute atomic E-state index is 12.1. The number of ether oxygens (including phenoxy) is 1. The molecular weight excluding hydrogens is 167 g/mol. The predicted molar refractivity (Wildman–Crippen MR) is 50.6 cm³/mol. The van der Waals surface area contributed by atoms with Crippen LogP contribution in [0.1, 0.15) is 5.56 Å². The SMILES string of the molecule is C=C(F)/C=C/OCc1ccccc1. The van der Waals surface area contributed by atoms with E-state index in [1.165, 1.54) is 12.3 Å². The first-order valence-electron chi connectivity index (χ1n) is 3.95. The number of allylic oxidation sites excluding steroid dienone is 2. The molecule has 1 nitrogen and oxygen atoms in total. The third-order valence-electron chi connectivity index (χ3n) is 1.44. The first-order valence-corrected chi connectivity index (χ1v) is 3.95. The fraction of sp³-hybridized carbons (Fsp3) is 0.0909. The van der Waals surface area contributed by atoms with Crippen LogP contribution >= 0.6 is 0 Å². The topological polar surface area (TPSA) is 9.23 Å². The first kappa shape index (κ1) is 9.52. The Kier molecular flexibility index (Phi) is 3.76. The summed E-state index contributed by atoms with van der Waals surface area (Å²) in [5.41, 5.74) is 1.05. The van der Waals surface area contributed by atoms with Crippen molar-refractivity contribution >= 4 is 0 Å². The van der Waals surface area contributed by atoms with Gasteiger partial charge in [-0.3, -0.25) is 0 Å². The Balaban J connectivity index is 2.32. The van der Waals surface area contributed by atoms with E-state index >= 15 is 0 Å². The molecule has 0 N–H and O–H groups in total. The Bertz CT molecular complexity index is 290. The molecule has 0 amide bonds. The number of halogens is 1. The molecule has 68 valence electrons. The van der Waals surface area contributed by atoms with Crippen molar-refractivity contribution in [1.29, 1.82) is 0 Å². The number of rotatable bonds is 4. The summed E-state index contributed by atoms with van der Waals surface area (Å²) in [5, 5.41) is 0. The molecule has 0 spiro atoms. The number of hydrogen-bond donors (Lipinski definition) is 0. The van der Waals surface area contributed by atoms with E-state index < -0.39 is 5.83 Å². The highest BCUT2D eigenvalue weighted by atomic mass is 19.1. The van der Waals surface area contributed by atoms with Crippen molar-refractivity contribution < 1.29 is 9.13 Å². The Labute approximate surface area is 77.2 Å². The molecule has 0 heterocycles. The molecule has 0 saturated heterocycles. The fourth-order valence-corrected chi connectivity index (χ4v) is 0.841.